The highest BCUT2D eigenvalue weighted by Gasteiger charge is 2.27. The average molecular weight is 357 g/mol. The van der Waals surface area contributed by atoms with Crippen molar-refractivity contribution in [2.45, 2.75) is 58.6 Å². The molecule has 0 fully saturated rings. The normalized spacial score (nSPS) is 12.6. The topological polar surface area (TPSA) is 118 Å². The van der Waals surface area contributed by atoms with Crippen LogP contribution in [0.3, 0.4) is 0 Å². The van der Waals surface area contributed by atoms with Gasteiger partial charge in [0.15, 0.2) is 5.13 Å². The van der Waals surface area contributed by atoms with Gasteiger partial charge in [0.1, 0.15) is 11.6 Å². The highest BCUT2D eigenvalue weighted by Crippen LogP contribution is 2.25. The number of rotatable bonds is 6. The smallest absolute Gasteiger partial charge is 0.408 e. The second-order valence-electron chi connectivity index (χ2n) is 6.51. The zero-order valence-corrected chi connectivity index (χ0v) is 15.2. The Balaban J connectivity index is 2.76. The van der Waals surface area contributed by atoms with E-state index in [2.05, 4.69) is 15.6 Å². The van der Waals surface area contributed by atoms with Gasteiger partial charge in [-0.3, -0.25) is 9.59 Å². The molecule has 0 saturated carbocycles. The van der Waals surface area contributed by atoms with Crippen LogP contribution in [0.5, 0.6) is 0 Å². The molecule has 3 N–H and O–H groups in total. The summed E-state index contributed by atoms with van der Waals surface area (Å²) in [5.41, 5.74) is -0.754. The summed E-state index contributed by atoms with van der Waals surface area (Å²) in [6.45, 7) is 9.00. The van der Waals surface area contributed by atoms with Crippen molar-refractivity contribution in [3.8, 4) is 0 Å². The van der Waals surface area contributed by atoms with Crippen LogP contribution in [-0.4, -0.2) is 39.7 Å². The maximum absolute atomic E-state index is 12.3. The maximum Gasteiger partial charge on any atom is 0.408 e. The fourth-order valence-corrected chi connectivity index (χ4v) is 2.46. The van der Waals surface area contributed by atoms with Gasteiger partial charge < -0.3 is 20.5 Å². The van der Waals surface area contributed by atoms with Gasteiger partial charge >= 0.3 is 12.1 Å². The maximum atomic E-state index is 12.3. The number of aromatic nitrogens is 1. The van der Waals surface area contributed by atoms with Crippen molar-refractivity contribution in [1.82, 2.24) is 10.3 Å². The van der Waals surface area contributed by atoms with Crippen molar-refractivity contribution in [2.75, 3.05) is 5.32 Å². The molecule has 1 aromatic rings. The zero-order valence-electron chi connectivity index (χ0n) is 14.4. The lowest BCUT2D eigenvalue weighted by molar-refractivity contribution is -0.139. The van der Waals surface area contributed by atoms with Crippen LogP contribution in [0.25, 0.3) is 0 Å². The number of nitrogens with one attached hydrogen (secondary N) is 2. The Morgan fingerprint density at radius 2 is 1.96 bits per heavy atom. The van der Waals surface area contributed by atoms with Crippen LogP contribution in [0.1, 0.15) is 51.8 Å². The van der Waals surface area contributed by atoms with Crippen LogP contribution in [-0.2, 0) is 14.3 Å². The second kappa shape index (κ2) is 8.09. The first-order chi connectivity index (χ1) is 11.0. The van der Waals surface area contributed by atoms with Gasteiger partial charge in [-0.2, -0.15) is 0 Å². The van der Waals surface area contributed by atoms with E-state index in [1.807, 2.05) is 13.8 Å². The summed E-state index contributed by atoms with van der Waals surface area (Å²) in [4.78, 5) is 40.0. The Morgan fingerprint density at radius 1 is 1.33 bits per heavy atom. The van der Waals surface area contributed by atoms with Gasteiger partial charge in [0, 0.05) is 11.1 Å². The molecule has 0 aliphatic heterocycles. The molecule has 9 heteroatoms. The Bertz CT molecular complexity index is 606. The van der Waals surface area contributed by atoms with E-state index in [-0.39, 0.29) is 5.92 Å². The molecule has 134 valence electrons. The summed E-state index contributed by atoms with van der Waals surface area (Å²) in [6.07, 6.45) is 0.234. The van der Waals surface area contributed by atoms with Crippen LogP contribution >= 0.6 is 11.3 Å². The van der Waals surface area contributed by atoms with Gasteiger partial charge in [-0.1, -0.05) is 13.8 Å². The fourth-order valence-electron chi connectivity index (χ4n) is 1.64. The third kappa shape index (κ3) is 6.95. The number of amides is 2. The number of nitrogens with zero attached hydrogens (tertiary/aromatic N) is 1. The number of ether oxygens (including phenoxy) is 1. The Labute approximate surface area is 144 Å². The number of carboxylic acid groups (broad SMARTS) is 1. The molecule has 0 aromatic carbocycles. The van der Waals surface area contributed by atoms with Gasteiger partial charge in [0.2, 0.25) is 5.91 Å². The molecular weight excluding hydrogens is 334 g/mol. The summed E-state index contributed by atoms with van der Waals surface area (Å²) in [6, 6.07) is -1.26. The fraction of sp³-hybridized carbons (Fsp3) is 0.600. The summed E-state index contributed by atoms with van der Waals surface area (Å²) in [7, 11) is 0. The highest BCUT2D eigenvalue weighted by molar-refractivity contribution is 7.15. The minimum absolute atomic E-state index is 0.267. The summed E-state index contributed by atoms with van der Waals surface area (Å²) in [5.74, 6) is -1.61. The Morgan fingerprint density at radius 3 is 2.42 bits per heavy atom. The Kier molecular flexibility index (Phi) is 6.70. The number of carbonyl (C=O) groups excluding carboxylic acids is 2. The van der Waals surface area contributed by atoms with Gasteiger partial charge in [-0.25, -0.2) is 9.78 Å². The van der Waals surface area contributed by atoms with Crippen LogP contribution in [0, 0.1) is 0 Å². The second-order valence-corrected chi connectivity index (χ2v) is 7.57. The van der Waals surface area contributed by atoms with E-state index in [9.17, 15) is 14.4 Å². The van der Waals surface area contributed by atoms with E-state index in [1.165, 1.54) is 11.3 Å². The van der Waals surface area contributed by atoms with Crippen LogP contribution in [0.15, 0.2) is 6.20 Å². The molecule has 0 unspecified atom stereocenters. The number of anilines is 1. The van der Waals surface area contributed by atoms with Gasteiger partial charge in [0.05, 0.1) is 6.42 Å². The zero-order chi connectivity index (χ0) is 18.5. The molecule has 8 nitrogen and oxygen atoms in total. The lowest BCUT2D eigenvalue weighted by atomic mass is 10.2. The van der Waals surface area contributed by atoms with Crippen molar-refractivity contribution in [2.24, 2.45) is 0 Å². The van der Waals surface area contributed by atoms with E-state index < -0.39 is 36.0 Å². The first-order valence-electron chi connectivity index (χ1n) is 7.46. The number of hydrogen-bond acceptors (Lipinski definition) is 6. The molecule has 0 spiro atoms. The van der Waals surface area contributed by atoms with Crippen LogP contribution in [0.4, 0.5) is 9.93 Å². The molecule has 0 aliphatic rings. The van der Waals surface area contributed by atoms with Crippen molar-refractivity contribution in [3.05, 3.63) is 11.1 Å². The van der Waals surface area contributed by atoms with Crippen molar-refractivity contribution < 1.29 is 24.2 Å². The lowest BCUT2D eigenvalue weighted by Crippen LogP contribution is -2.46. The molecule has 0 aliphatic carbocycles. The van der Waals surface area contributed by atoms with E-state index in [0.29, 0.717) is 5.13 Å². The lowest BCUT2D eigenvalue weighted by Gasteiger charge is -2.22. The molecule has 0 bridgehead atoms. The van der Waals surface area contributed by atoms with Crippen molar-refractivity contribution >= 4 is 34.4 Å². The number of alkyl carbamates (subject to hydrolysis) is 1. The van der Waals surface area contributed by atoms with Crippen molar-refractivity contribution in [3.63, 3.8) is 0 Å². The molecule has 2 amide bonds. The third-order valence-corrected chi connectivity index (χ3v) is 3.92. The van der Waals surface area contributed by atoms with Crippen LogP contribution < -0.4 is 10.6 Å². The predicted molar refractivity (Wildman–Crippen MR) is 90.2 cm³/mol. The van der Waals surface area contributed by atoms with Crippen LogP contribution in [0.2, 0.25) is 0 Å². The van der Waals surface area contributed by atoms with Gasteiger partial charge in [0.25, 0.3) is 0 Å². The predicted octanol–water partition coefficient (Wildman–Crippen LogP) is 2.57. The quantitative estimate of drug-likeness (QED) is 0.720. The average Bonchev–Trinajstić information content (AvgIpc) is 2.83. The van der Waals surface area contributed by atoms with Crippen molar-refractivity contribution in [1.29, 1.82) is 0 Å². The Hall–Kier alpha value is -2.16. The number of carbonyl (C=O) groups is 3. The minimum atomic E-state index is -1.26. The minimum Gasteiger partial charge on any atom is -0.481 e. The van der Waals surface area contributed by atoms with E-state index in [4.69, 9.17) is 9.84 Å². The number of hydrogen-bond donors (Lipinski definition) is 3. The number of carboxylic acids is 1. The monoisotopic (exact) mass is 357 g/mol. The largest absolute Gasteiger partial charge is 0.481 e. The standard InChI is InChI=1S/C15H23N3O5S/c1-8(2)10-7-16-13(24-10)18-12(21)9(6-11(19)20)17-14(22)23-15(3,4)5/h7-9H,6H2,1-5H3,(H,17,22)(H,19,20)(H,16,18,21)/t9-/m0/s1. The molecule has 1 aromatic heterocycles. The van der Waals surface area contributed by atoms with E-state index in [0.717, 1.165) is 4.88 Å². The first-order valence-corrected chi connectivity index (χ1v) is 8.27. The molecular formula is C15H23N3O5S. The summed E-state index contributed by atoms with van der Waals surface area (Å²) < 4.78 is 5.05. The molecule has 1 heterocycles. The number of thiazole rings is 1. The molecule has 1 rings (SSSR count). The SMILES string of the molecule is CC(C)c1cnc(NC(=O)[C@H](CC(=O)O)NC(=O)OC(C)(C)C)s1. The molecule has 0 saturated heterocycles. The number of aliphatic carboxylic acids is 1. The molecule has 1 atom stereocenters. The van der Waals surface area contributed by atoms with Gasteiger partial charge in [-0.15, -0.1) is 11.3 Å². The van der Waals surface area contributed by atoms with E-state index >= 15 is 0 Å². The first kappa shape index (κ1) is 19.9. The molecule has 0 radical (unpaired) electrons. The van der Waals surface area contributed by atoms with Gasteiger partial charge in [-0.05, 0) is 26.7 Å². The summed E-state index contributed by atoms with van der Waals surface area (Å²) in [5, 5.41) is 14.1. The third-order valence-electron chi connectivity index (χ3n) is 2.71. The highest BCUT2D eigenvalue weighted by atomic mass is 32.1. The molecule has 24 heavy (non-hydrogen) atoms. The summed E-state index contributed by atoms with van der Waals surface area (Å²) >= 11 is 1.30. The van der Waals surface area contributed by atoms with E-state index in [1.54, 1.807) is 27.0 Å².